The fourth-order valence-electron chi connectivity index (χ4n) is 3.60. The van der Waals surface area contributed by atoms with Crippen LogP contribution in [0.2, 0.25) is 0 Å². The van der Waals surface area contributed by atoms with Crippen LogP contribution >= 0.6 is 0 Å². The van der Waals surface area contributed by atoms with Crippen molar-refractivity contribution in [3.05, 3.63) is 126 Å². The van der Waals surface area contributed by atoms with Crippen molar-refractivity contribution in [2.75, 3.05) is 37.1 Å². The molecule has 0 atom stereocenters. The summed E-state index contributed by atoms with van der Waals surface area (Å²) in [6, 6.07) is 21.7. The van der Waals surface area contributed by atoms with Crippen LogP contribution in [0.1, 0.15) is 16.7 Å². The van der Waals surface area contributed by atoms with Crippen LogP contribution in [0.5, 0.6) is 0 Å². The number of hydrogen-bond acceptors (Lipinski definition) is 12. The van der Waals surface area contributed by atoms with Crippen molar-refractivity contribution in [2.24, 2.45) is 0 Å². The van der Waals surface area contributed by atoms with Gasteiger partial charge < -0.3 is 45.7 Å². The standard InChI is InChI=1S/C13H15NO3.C12H13NO3.C11H11NO3/c1-14(2)11-5-3-10(4-6-11)9-12(15)7-8-13(16)17;1-13-10-4-2-9(3-5-10)8-11(14)6-7-12(15)16;12-9-3-1-8(2-4-9)7-10(13)5-6-11(14)15/h3-8H,9H2,1-2H3,(H,16,17);2-7,13H,8H2,1H3,(H,15,16);1-6H,7,12H2,(H,14,15)/p-3/b8-7-;7-6-;6-5-. The topological polar surface area (TPSA) is 213 Å². The first-order valence-corrected chi connectivity index (χ1v) is 14.3. The van der Waals surface area contributed by atoms with Gasteiger partial charge >= 0.3 is 0 Å². The van der Waals surface area contributed by atoms with Gasteiger partial charge in [-0.05, 0) is 89.5 Å². The molecule has 0 spiro atoms. The minimum Gasteiger partial charge on any atom is -0.545 e. The van der Waals surface area contributed by atoms with Crippen molar-refractivity contribution in [3.63, 3.8) is 0 Å². The first-order valence-electron chi connectivity index (χ1n) is 14.3. The molecule has 0 aromatic heterocycles. The SMILES string of the molecule is CN(C)c1ccc(CC(=O)/C=C\C(=O)[O-])cc1.CNc1ccc(CC(=O)/C=C\C(=O)[O-])cc1.Nc1ccc(CC(=O)/C=C\C(=O)[O-])cc1. The van der Waals surface area contributed by atoms with E-state index in [0.29, 0.717) is 5.69 Å². The van der Waals surface area contributed by atoms with E-state index in [-0.39, 0.29) is 36.6 Å². The number of carboxylic acid groups (broad SMARTS) is 3. The Balaban J connectivity index is 0.000000361. The molecular weight excluding hydrogens is 618 g/mol. The molecule has 0 aliphatic rings. The van der Waals surface area contributed by atoms with Gasteiger partial charge in [-0.25, -0.2) is 0 Å². The molecule has 0 saturated heterocycles. The Morgan fingerprint density at radius 2 is 0.875 bits per heavy atom. The van der Waals surface area contributed by atoms with Crippen LogP contribution in [0.25, 0.3) is 0 Å². The van der Waals surface area contributed by atoms with Gasteiger partial charge in [-0.15, -0.1) is 0 Å². The number of aliphatic carboxylic acids is 3. The third-order valence-corrected chi connectivity index (χ3v) is 6.03. The molecule has 0 radical (unpaired) electrons. The van der Waals surface area contributed by atoms with E-state index >= 15 is 0 Å². The zero-order chi connectivity index (χ0) is 36.1. The largest absolute Gasteiger partial charge is 0.545 e. The fraction of sp³-hybridized carbons (Fsp3) is 0.167. The van der Waals surface area contributed by atoms with Crippen molar-refractivity contribution < 1.29 is 44.1 Å². The van der Waals surface area contributed by atoms with Gasteiger partial charge in [0.25, 0.3) is 0 Å². The highest BCUT2D eigenvalue weighted by Gasteiger charge is 2.02. The lowest BCUT2D eigenvalue weighted by molar-refractivity contribution is -0.298. The summed E-state index contributed by atoms with van der Waals surface area (Å²) in [7, 11) is 5.67. The molecular formula is C36H36N3O9-3. The van der Waals surface area contributed by atoms with Crippen LogP contribution in [0, 0.1) is 0 Å². The Bertz CT molecular complexity index is 1620. The maximum absolute atomic E-state index is 11.3. The van der Waals surface area contributed by atoms with Crippen molar-refractivity contribution in [1.82, 2.24) is 0 Å². The molecule has 3 aromatic rings. The normalized spacial score (nSPS) is 10.4. The highest BCUT2D eigenvalue weighted by atomic mass is 16.4. The number of hydrogen-bond donors (Lipinski definition) is 2. The van der Waals surface area contributed by atoms with E-state index in [1.165, 1.54) is 0 Å². The second-order valence-corrected chi connectivity index (χ2v) is 10.1. The maximum atomic E-state index is 11.3. The van der Waals surface area contributed by atoms with Gasteiger partial charge in [0.1, 0.15) is 0 Å². The molecule has 0 aliphatic carbocycles. The number of ketones is 3. The van der Waals surface area contributed by atoms with Crippen LogP contribution in [-0.2, 0) is 48.0 Å². The van der Waals surface area contributed by atoms with Crippen molar-refractivity contribution in [3.8, 4) is 0 Å². The number of benzene rings is 3. The molecule has 48 heavy (non-hydrogen) atoms. The Kier molecular flexibility index (Phi) is 17.7. The molecule has 12 nitrogen and oxygen atoms in total. The Hall–Kier alpha value is -6.30. The minimum absolute atomic E-state index is 0.157. The number of nitrogen functional groups attached to an aromatic ring is 1. The van der Waals surface area contributed by atoms with Gasteiger partial charge in [0.05, 0.1) is 17.9 Å². The van der Waals surface area contributed by atoms with Crippen LogP contribution in [0.3, 0.4) is 0 Å². The number of anilines is 3. The summed E-state index contributed by atoms with van der Waals surface area (Å²) in [5.41, 5.74) is 10.6. The highest BCUT2D eigenvalue weighted by molar-refractivity contribution is 5.97. The fourth-order valence-corrected chi connectivity index (χ4v) is 3.60. The Morgan fingerprint density at radius 1 is 0.562 bits per heavy atom. The number of nitrogens with zero attached hydrogens (tertiary/aromatic N) is 1. The first-order chi connectivity index (χ1) is 22.7. The van der Waals surface area contributed by atoms with E-state index in [0.717, 1.165) is 64.5 Å². The number of nitrogens with two attached hydrogens (primary N) is 1. The maximum Gasteiger partial charge on any atom is 0.160 e. The van der Waals surface area contributed by atoms with Crippen LogP contribution in [-0.4, -0.2) is 56.4 Å². The van der Waals surface area contributed by atoms with Crippen molar-refractivity contribution >= 4 is 52.3 Å². The molecule has 3 aromatic carbocycles. The molecule has 0 fully saturated rings. The van der Waals surface area contributed by atoms with Crippen LogP contribution in [0.4, 0.5) is 17.1 Å². The van der Waals surface area contributed by atoms with Crippen LogP contribution < -0.4 is 31.3 Å². The minimum atomic E-state index is -1.37. The summed E-state index contributed by atoms with van der Waals surface area (Å²) >= 11 is 0. The number of nitrogens with one attached hydrogen (secondary N) is 1. The highest BCUT2D eigenvalue weighted by Crippen LogP contribution is 2.13. The van der Waals surface area contributed by atoms with Gasteiger partial charge in [0, 0.05) is 57.5 Å². The average Bonchev–Trinajstić information content (AvgIpc) is 3.04. The van der Waals surface area contributed by atoms with E-state index in [9.17, 15) is 44.1 Å². The molecule has 0 unspecified atom stereocenters. The van der Waals surface area contributed by atoms with Gasteiger partial charge in [-0.2, -0.15) is 0 Å². The van der Waals surface area contributed by atoms with E-state index < -0.39 is 17.9 Å². The molecule has 0 saturated carbocycles. The third kappa shape index (κ3) is 18.5. The number of carbonyl (C=O) groups is 6. The zero-order valence-electron chi connectivity index (χ0n) is 26.7. The van der Waals surface area contributed by atoms with Crippen molar-refractivity contribution in [1.29, 1.82) is 0 Å². The second kappa shape index (κ2) is 21.4. The zero-order valence-corrected chi connectivity index (χ0v) is 26.7. The predicted molar refractivity (Wildman–Crippen MR) is 176 cm³/mol. The molecule has 0 aliphatic heterocycles. The van der Waals surface area contributed by atoms with Gasteiger partial charge in [0.2, 0.25) is 0 Å². The number of allylic oxidation sites excluding steroid dienone is 3. The predicted octanol–water partition coefficient (Wildman–Crippen LogP) is 0.00280. The lowest BCUT2D eigenvalue weighted by Crippen LogP contribution is -2.19. The second-order valence-electron chi connectivity index (χ2n) is 10.1. The van der Waals surface area contributed by atoms with Crippen LogP contribution in [0.15, 0.2) is 109 Å². The molecule has 0 bridgehead atoms. The third-order valence-electron chi connectivity index (χ3n) is 6.03. The molecule has 12 heteroatoms. The van der Waals surface area contributed by atoms with Gasteiger partial charge in [-0.1, -0.05) is 36.4 Å². The molecule has 0 amide bonds. The lowest BCUT2D eigenvalue weighted by Gasteiger charge is -2.12. The summed E-state index contributed by atoms with van der Waals surface area (Å²) in [5, 5.41) is 33.2. The van der Waals surface area contributed by atoms with E-state index in [1.54, 1.807) is 24.3 Å². The smallest absolute Gasteiger partial charge is 0.160 e. The lowest BCUT2D eigenvalue weighted by atomic mass is 10.1. The molecule has 252 valence electrons. The number of carbonyl (C=O) groups excluding carboxylic acids is 6. The van der Waals surface area contributed by atoms with Gasteiger partial charge in [-0.3, -0.25) is 14.4 Å². The van der Waals surface area contributed by atoms with E-state index in [4.69, 9.17) is 5.73 Å². The van der Waals surface area contributed by atoms with Crippen molar-refractivity contribution in [2.45, 2.75) is 19.3 Å². The summed E-state index contributed by atoms with van der Waals surface area (Å²) in [5.74, 6) is -4.90. The molecule has 0 heterocycles. The average molecular weight is 655 g/mol. The molecule has 3 rings (SSSR count). The number of rotatable bonds is 14. The molecule has 3 N–H and O–H groups in total. The summed E-state index contributed by atoms with van der Waals surface area (Å²) in [6.45, 7) is 0. The Labute approximate surface area is 278 Å². The summed E-state index contributed by atoms with van der Waals surface area (Å²) < 4.78 is 0. The van der Waals surface area contributed by atoms with Gasteiger partial charge in [0.15, 0.2) is 17.3 Å². The summed E-state index contributed by atoms with van der Waals surface area (Å²) in [6.07, 6.45) is 5.78. The number of carboxylic acids is 3. The monoisotopic (exact) mass is 654 g/mol. The van der Waals surface area contributed by atoms with E-state index in [2.05, 4.69) is 5.32 Å². The van der Waals surface area contributed by atoms with E-state index in [1.807, 2.05) is 74.6 Å². The Morgan fingerprint density at radius 3 is 1.17 bits per heavy atom. The summed E-state index contributed by atoms with van der Waals surface area (Å²) in [4.78, 5) is 66.0. The quantitative estimate of drug-likeness (QED) is 0.174. The first kappa shape index (κ1) is 39.7.